The van der Waals surface area contributed by atoms with E-state index < -0.39 is 0 Å². The van der Waals surface area contributed by atoms with Crippen LogP contribution in [0.25, 0.3) is 0 Å². The van der Waals surface area contributed by atoms with Gasteiger partial charge in [0.15, 0.2) is 0 Å². The summed E-state index contributed by atoms with van der Waals surface area (Å²) in [6, 6.07) is 4.77. The highest BCUT2D eigenvalue weighted by Crippen LogP contribution is 2.22. The zero-order valence-electron chi connectivity index (χ0n) is 9.49. The molecule has 86 valence electrons. The number of aromatic nitrogens is 1. The quantitative estimate of drug-likeness (QED) is 0.781. The van der Waals surface area contributed by atoms with Crippen LogP contribution in [0, 0.1) is 0 Å². The van der Waals surface area contributed by atoms with Gasteiger partial charge in [-0.2, -0.15) is 0 Å². The highest BCUT2D eigenvalue weighted by atomic mass is 16.2. The second-order valence-electron chi connectivity index (χ2n) is 4.72. The topological polar surface area (TPSA) is 46.1 Å². The molecule has 16 heavy (non-hydrogen) atoms. The predicted octanol–water partition coefficient (Wildman–Crippen LogP) is 1.04. The Bertz CT molecular complexity index is 420. The number of rotatable bonds is 2. The summed E-state index contributed by atoms with van der Waals surface area (Å²) in [5.41, 5.74) is 2.03. The lowest BCUT2D eigenvalue weighted by Gasteiger charge is -2.24. The summed E-state index contributed by atoms with van der Waals surface area (Å²) in [5, 5.41) is 6.43. The lowest BCUT2D eigenvalue weighted by Crippen LogP contribution is -2.35. The second-order valence-corrected chi connectivity index (χ2v) is 4.72. The van der Waals surface area contributed by atoms with Gasteiger partial charge < -0.3 is 15.2 Å². The van der Waals surface area contributed by atoms with Gasteiger partial charge in [0.1, 0.15) is 5.69 Å². The maximum absolute atomic E-state index is 12.0. The molecule has 0 aromatic carbocycles. The number of carbonyl (C=O) groups is 1. The summed E-state index contributed by atoms with van der Waals surface area (Å²) in [6.07, 6.45) is 2.27. The minimum absolute atomic E-state index is 0.0860. The van der Waals surface area contributed by atoms with E-state index in [1.807, 2.05) is 6.07 Å². The molecular formula is C12H17N3O. The summed E-state index contributed by atoms with van der Waals surface area (Å²) >= 11 is 0. The maximum Gasteiger partial charge on any atom is 0.268 e. The van der Waals surface area contributed by atoms with Gasteiger partial charge in [0.05, 0.1) is 0 Å². The van der Waals surface area contributed by atoms with E-state index in [0.29, 0.717) is 12.1 Å². The molecule has 4 nitrogen and oxygen atoms in total. The number of fused-ring (bicyclic) bond motifs is 1. The van der Waals surface area contributed by atoms with Crippen molar-refractivity contribution in [2.75, 3.05) is 6.54 Å². The van der Waals surface area contributed by atoms with Gasteiger partial charge >= 0.3 is 0 Å². The molecule has 1 saturated carbocycles. The van der Waals surface area contributed by atoms with Crippen molar-refractivity contribution in [3.63, 3.8) is 0 Å². The third-order valence-corrected chi connectivity index (χ3v) is 3.39. The van der Waals surface area contributed by atoms with Gasteiger partial charge in [0.2, 0.25) is 0 Å². The third kappa shape index (κ3) is 1.63. The normalized spacial score (nSPS) is 23.9. The van der Waals surface area contributed by atoms with Crippen LogP contribution < -0.4 is 10.6 Å². The average molecular weight is 219 g/mol. The molecule has 0 radical (unpaired) electrons. The first-order valence-corrected chi connectivity index (χ1v) is 5.99. The van der Waals surface area contributed by atoms with E-state index in [1.165, 1.54) is 5.69 Å². The molecule has 1 amide bonds. The molecule has 3 rings (SSSR count). The Labute approximate surface area is 95.0 Å². The van der Waals surface area contributed by atoms with Crippen molar-refractivity contribution in [3.8, 4) is 0 Å². The van der Waals surface area contributed by atoms with E-state index >= 15 is 0 Å². The van der Waals surface area contributed by atoms with Crippen LogP contribution >= 0.6 is 0 Å². The molecule has 2 N–H and O–H groups in total. The Morgan fingerprint density at radius 1 is 1.50 bits per heavy atom. The van der Waals surface area contributed by atoms with E-state index in [2.05, 4.69) is 28.2 Å². The Morgan fingerprint density at radius 3 is 3.06 bits per heavy atom. The van der Waals surface area contributed by atoms with E-state index in [0.717, 1.165) is 31.6 Å². The molecule has 1 aromatic rings. The maximum atomic E-state index is 12.0. The summed E-state index contributed by atoms with van der Waals surface area (Å²) in [4.78, 5) is 12.0. The fourth-order valence-corrected chi connectivity index (χ4v) is 2.29. The van der Waals surface area contributed by atoms with E-state index in [4.69, 9.17) is 0 Å². The summed E-state index contributed by atoms with van der Waals surface area (Å²) in [6.45, 7) is 3.96. The van der Waals surface area contributed by atoms with E-state index in [-0.39, 0.29) is 5.91 Å². The van der Waals surface area contributed by atoms with Crippen LogP contribution in [0.4, 0.5) is 0 Å². The van der Waals surface area contributed by atoms with Gasteiger partial charge in [-0.3, -0.25) is 4.79 Å². The number of hydrogen-bond donors (Lipinski definition) is 2. The molecule has 1 aromatic heterocycles. The average Bonchev–Trinajstić information content (AvgIpc) is 2.96. The van der Waals surface area contributed by atoms with Crippen LogP contribution in [0.15, 0.2) is 12.1 Å². The number of amides is 1. The van der Waals surface area contributed by atoms with Crippen LogP contribution in [0.5, 0.6) is 0 Å². The first kappa shape index (κ1) is 9.90. The van der Waals surface area contributed by atoms with E-state index in [9.17, 15) is 4.79 Å². The number of hydrogen-bond acceptors (Lipinski definition) is 2. The largest absolute Gasteiger partial charge is 0.348 e. The molecule has 0 unspecified atom stereocenters. The molecule has 2 heterocycles. The standard InChI is InChI=1S/C12H17N3O/c1-8-10-4-5-11(15(10)7-6-13-8)12(16)14-9-2-3-9/h4-5,8-9,13H,2-3,6-7H2,1H3,(H,14,16)/t8-/m1/s1. The van der Waals surface area contributed by atoms with E-state index in [1.54, 1.807) is 0 Å². The monoisotopic (exact) mass is 219 g/mol. The Hall–Kier alpha value is -1.29. The molecule has 0 bridgehead atoms. The number of nitrogens with zero attached hydrogens (tertiary/aromatic N) is 1. The lowest BCUT2D eigenvalue weighted by molar-refractivity contribution is 0.0940. The highest BCUT2D eigenvalue weighted by Gasteiger charge is 2.27. The van der Waals surface area contributed by atoms with Gasteiger partial charge in [-0.15, -0.1) is 0 Å². The van der Waals surface area contributed by atoms with Gasteiger partial charge in [-0.25, -0.2) is 0 Å². The van der Waals surface area contributed by atoms with Gasteiger partial charge in [0, 0.05) is 30.9 Å². The molecule has 4 heteroatoms. The molecule has 0 saturated heterocycles. The van der Waals surface area contributed by atoms with Crippen molar-refractivity contribution >= 4 is 5.91 Å². The predicted molar refractivity (Wildman–Crippen MR) is 61.3 cm³/mol. The zero-order valence-corrected chi connectivity index (χ0v) is 9.49. The van der Waals surface area contributed by atoms with Crippen molar-refractivity contribution in [1.29, 1.82) is 0 Å². The first-order valence-electron chi connectivity index (χ1n) is 5.99. The molecule has 1 aliphatic carbocycles. The molecule has 1 fully saturated rings. The molecule has 2 aliphatic rings. The molecule has 0 spiro atoms. The first-order chi connectivity index (χ1) is 7.75. The lowest BCUT2D eigenvalue weighted by atomic mass is 10.2. The van der Waals surface area contributed by atoms with Crippen LogP contribution in [0.2, 0.25) is 0 Å². The van der Waals surface area contributed by atoms with Gasteiger partial charge in [-0.1, -0.05) is 0 Å². The Balaban J connectivity index is 1.86. The fraction of sp³-hybridized carbons (Fsp3) is 0.583. The summed E-state index contributed by atoms with van der Waals surface area (Å²) in [5.74, 6) is 0.0860. The third-order valence-electron chi connectivity index (χ3n) is 3.39. The minimum atomic E-state index is 0.0860. The zero-order chi connectivity index (χ0) is 11.1. The summed E-state index contributed by atoms with van der Waals surface area (Å²) < 4.78 is 2.14. The summed E-state index contributed by atoms with van der Waals surface area (Å²) in [7, 11) is 0. The molecule has 1 aliphatic heterocycles. The Morgan fingerprint density at radius 2 is 2.31 bits per heavy atom. The van der Waals surface area contributed by atoms with Gasteiger partial charge in [-0.05, 0) is 31.9 Å². The molecule has 1 atom stereocenters. The SMILES string of the molecule is C[C@H]1NCCn2c(C(=O)NC3CC3)ccc21. The molecular weight excluding hydrogens is 202 g/mol. The van der Waals surface area contributed by atoms with Crippen LogP contribution in [-0.2, 0) is 6.54 Å². The Kier molecular flexibility index (Phi) is 2.24. The van der Waals surface area contributed by atoms with Crippen molar-refractivity contribution in [1.82, 2.24) is 15.2 Å². The minimum Gasteiger partial charge on any atom is -0.348 e. The number of carbonyl (C=O) groups excluding carboxylic acids is 1. The second kappa shape index (κ2) is 3.63. The van der Waals surface area contributed by atoms with Crippen molar-refractivity contribution in [2.24, 2.45) is 0 Å². The van der Waals surface area contributed by atoms with Crippen molar-refractivity contribution in [2.45, 2.75) is 38.4 Å². The van der Waals surface area contributed by atoms with Crippen LogP contribution in [-0.4, -0.2) is 23.1 Å². The fourth-order valence-electron chi connectivity index (χ4n) is 2.29. The number of nitrogens with one attached hydrogen (secondary N) is 2. The van der Waals surface area contributed by atoms with Crippen molar-refractivity contribution < 1.29 is 4.79 Å². The van der Waals surface area contributed by atoms with Gasteiger partial charge in [0.25, 0.3) is 5.91 Å². The smallest absolute Gasteiger partial charge is 0.268 e. The highest BCUT2D eigenvalue weighted by molar-refractivity contribution is 5.93. The van der Waals surface area contributed by atoms with Crippen LogP contribution in [0.1, 0.15) is 42.0 Å². The van der Waals surface area contributed by atoms with Crippen LogP contribution in [0.3, 0.4) is 0 Å². The van der Waals surface area contributed by atoms with Crippen molar-refractivity contribution in [3.05, 3.63) is 23.5 Å².